The lowest BCUT2D eigenvalue weighted by Crippen LogP contribution is -2.47. The molecular weight excluding hydrogens is 489 g/mol. The van der Waals surface area contributed by atoms with Crippen molar-refractivity contribution >= 4 is 17.5 Å². The van der Waals surface area contributed by atoms with Crippen LogP contribution in [0.15, 0.2) is 83.4 Å². The van der Waals surface area contributed by atoms with E-state index in [1.807, 2.05) is 30.3 Å². The monoisotopic (exact) mass is 517 g/mol. The number of benzene rings is 3. The van der Waals surface area contributed by atoms with Crippen molar-refractivity contribution in [3.63, 3.8) is 0 Å². The molecule has 0 bridgehead atoms. The van der Waals surface area contributed by atoms with Gasteiger partial charge in [0.25, 0.3) is 0 Å². The van der Waals surface area contributed by atoms with E-state index >= 15 is 0 Å². The molecule has 0 unspecified atom stereocenters. The van der Waals surface area contributed by atoms with Crippen LogP contribution in [0.1, 0.15) is 22.6 Å². The smallest absolute Gasteiger partial charge is 0.249 e. The van der Waals surface area contributed by atoms with Gasteiger partial charge in [-0.2, -0.15) is 0 Å². The molecule has 196 valence electrons. The first-order chi connectivity index (χ1) is 18.4. The maximum atomic E-state index is 13.1. The Morgan fingerprint density at radius 2 is 1.61 bits per heavy atom. The number of carbonyl (C=O) groups excluding carboxylic acids is 2. The van der Waals surface area contributed by atoms with E-state index in [9.17, 15) is 14.0 Å². The number of carbonyl (C=O) groups is 2. The van der Waals surface area contributed by atoms with E-state index in [1.54, 1.807) is 38.1 Å². The SMILES string of the molecule is Cc1noc(C)c1CC(=O)N[C@@H](COCc1ccccc1)C(=O)Nc1ccc(Oc2ccc(F)cc2)cc1. The molecule has 1 atom stereocenters. The van der Waals surface area contributed by atoms with Gasteiger partial charge in [0.05, 0.1) is 25.3 Å². The second-order valence-corrected chi connectivity index (χ2v) is 8.67. The Hall–Kier alpha value is -4.50. The second kappa shape index (κ2) is 12.6. The first kappa shape index (κ1) is 26.6. The van der Waals surface area contributed by atoms with Crippen LogP contribution in [0, 0.1) is 19.7 Å². The molecule has 0 aliphatic heterocycles. The van der Waals surface area contributed by atoms with Crippen molar-refractivity contribution in [2.75, 3.05) is 11.9 Å². The molecule has 4 rings (SSSR count). The van der Waals surface area contributed by atoms with Crippen LogP contribution in [0.2, 0.25) is 0 Å². The molecule has 0 aliphatic carbocycles. The Kier molecular flexibility index (Phi) is 8.84. The van der Waals surface area contributed by atoms with E-state index in [0.717, 1.165) is 5.56 Å². The second-order valence-electron chi connectivity index (χ2n) is 8.67. The Labute approximate surface area is 219 Å². The predicted molar refractivity (Wildman–Crippen MR) is 139 cm³/mol. The van der Waals surface area contributed by atoms with Crippen LogP contribution in [0.5, 0.6) is 11.5 Å². The van der Waals surface area contributed by atoms with E-state index in [0.29, 0.717) is 40.8 Å². The molecule has 1 aromatic heterocycles. The van der Waals surface area contributed by atoms with Gasteiger partial charge in [0.15, 0.2) is 0 Å². The fourth-order valence-corrected chi connectivity index (χ4v) is 3.69. The summed E-state index contributed by atoms with van der Waals surface area (Å²) >= 11 is 0. The van der Waals surface area contributed by atoms with Gasteiger partial charge in [-0.15, -0.1) is 0 Å². The minimum absolute atomic E-state index is 0.0268. The average Bonchev–Trinajstić information content (AvgIpc) is 3.23. The minimum Gasteiger partial charge on any atom is -0.457 e. The topological polar surface area (TPSA) is 103 Å². The highest BCUT2D eigenvalue weighted by atomic mass is 19.1. The van der Waals surface area contributed by atoms with Gasteiger partial charge in [0.1, 0.15) is 29.1 Å². The molecule has 8 nitrogen and oxygen atoms in total. The zero-order chi connectivity index (χ0) is 26.9. The third-order valence-electron chi connectivity index (χ3n) is 5.74. The fraction of sp³-hybridized carbons (Fsp3) is 0.207. The summed E-state index contributed by atoms with van der Waals surface area (Å²) in [6, 6.07) is 21.0. The average molecular weight is 518 g/mol. The van der Waals surface area contributed by atoms with Crippen LogP contribution in [-0.2, 0) is 27.4 Å². The first-order valence-electron chi connectivity index (χ1n) is 12.0. The van der Waals surface area contributed by atoms with Crippen LogP contribution in [0.3, 0.4) is 0 Å². The largest absolute Gasteiger partial charge is 0.457 e. The lowest BCUT2D eigenvalue weighted by atomic mass is 10.1. The minimum atomic E-state index is -0.943. The highest BCUT2D eigenvalue weighted by molar-refractivity contribution is 5.97. The van der Waals surface area contributed by atoms with Crippen molar-refractivity contribution in [3.05, 3.63) is 107 Å². The molecule has 0 aliphatic rings. The lowest BCUT2D eigenvalue weighted by molar-refractivity contribution is -0.127. The Bertz CT molecular complexity index is 1340. The van der Waals surface area contributed by atoms with Gasteiger partial charge in [0.2, 0.25) is 11.8 Å². The molecule has 4 aromatic rings. The molecule has 9 heteroatoms. The maximum Gasteiger partial charge on any atom is 0.249 e. The van der Waals surface area contributed by atoms with Crippen molar-refractivity contribution in [1.82, 2.24) is 10.5 Å². The van der Waals surface area contributed by atoms with E-state index in [2.05, 4.69) is 15.8 Å². The molecule has 2 amide bonds. The van der Waals surface area contributed by atoms with Gasteiger partial charge in [-0.1, -0.05) is 35.5 Å². The van der Waals surface area contributed by atoms with E-state index in [1.165, 1.54) is 24.3 Å². The number of aryl methyl sites for hydroxylation is 2. The highest BCUT2D eigenvalue weighted by Gasteiger charge is 2.23. The number of ether oxygens (including phenoxy) is 2. The Morgan fingerprint density at radius 3 is 2.24 bits per heavy atom. The van der Waals surface area contributed by atoms with Crippen LogP contribution in [0.25, 0.3) is 0 Å². The Balaban J connectivity index is 1.39. The summed E-state index contributed by atoms with van der Waals surface area (Å²) in [5.74, 6) is 0.423. The van der Waals surface area contributed by atoms with Gasteiger partial charge in [0, 0.05) is 11.3 Å². The van der Waals surface area contributed by atoms with Gasteiger partial charge < -0.3 is 24.6 Å². The molecule has 0 radical (unpaired) electrons. The van der Waals surface area contributed by atoms with Crippen LogP contribution in [0.4, 0.5) is 10.1 Å². The maximum absolute atomic E-state index is 13.1. The fourth-order valence-electron chi connectivity index (χ4n) is 3.69. The molecule has 3 aromatic carbocycles. The number of halogens is 1. The van der Waals surface area contributed by atoms with Crippen molar-refractivity contribution in [2.45, 2.75) is 32.9 Å². The van der Waals surface area contributed by atoms with Gasteiger partial charge in [-0.05, 0) is 67.9 Å². The van der Waals surface area contributed by atoms with E-state index in [-0.39, 0.29) is 24.8 Å². The van der Waals surface area contributed by atoms with Crippen LogP contribution >= 0.6 is 0 Å². The highest BCUT2D eigenvalue weighted by Crippen LogP contribution is 2.23. The van der Waals surface area contributed by atoms with Gasteiger partial charge in [-0.25, -0.2) is 4.39 Å². The lowest BCUT2D eigenvalue weighted by Gasteiger charge is -2.19. The molecule has 0 saturated carbocycles. The number of anilines is 1. The van der Waals surface area contributed by atoms with E-state index < -0.39 is 11.9 Å². The third-order valence-corrected chi connectivity index (χ3v) is 5.74. The molecule has 1 heterocycles. The summed E-state index contributed by atoms with van der Waals surface area (Å²) in [7, 11) is 0. The van der Waals surface area contributed by atoms with Gasteiger partial charge in [-0.3, -0.25) is 9.59 Å². The predicted octanol–water partition coefficient (Wildman–Crippen LogP) is 5.11. The normalized spacial score (nSPS) is 11.6. The van der Waals surface area contributed by atoms with Crippen molar-refractivity contribution < 1.29 is 28.0 Å². The molecule has 0 saturated heterocycles. The zero-order valence-corrected chi connectivity index (χ0v) is 21.1. The molecule has 0 spiro atoms. The van der Waals surface area contributed by atoms with Gasteiger partial charge >= 0.3 is 0 Å². The number of rotatable bonds is 11. The van der Waals surface area contributed by atoms with E-state index in [4.69, 9.17) is 14.0 Å². The van der Waals surface area contributed by atoms with Crippen LogP contribution < -0.4 is 15.4 Å². The molecule has 0 fully saturated rings. The first-order valence-corrected chi connectivity index (χ1v) is 12.0. The quantitative estimate of drug-likeness (QED) is 0.287. The number of amides is 2. The summed E-state index contributed by atoms with van der Waals surface area (Å²) in [6.07, 6.45) is 0.0268. The summed E-state index contributed by atoms with van der Waals surface area (Å²) in [4.78, 5) is 25.9. The molecular formula is C29H28FN3O5. The number of hydrogen-bond acceptors (Lipinski definition) is 6. The number of hydrogen-bond donors (Lipinski definition) is 2. The number of nitrogens with one attached hydrogen (secondary N) is 2. The summed E-state index contributed by atoms with van der Waals surface area (Å²) in [5.41, 5.74) is 2.77. The summed E-state index contributed by atoms with van der Waals surface area (Å²) in [5, 5.41) is 9.44. The third kappa shape index (κ3) is 7.50. The van der Waals surface area contributed by atoms with Crippen molar-refractivity contribution in [2.24, 2.45) is 0 Å². The number of nitrogens with zero attached hydrogens (tertiary/aromatic N) is 1. The summed E-state index contributed by atoms with van der Waals surface area (Å²) in [6.45, 7) is 3.76. The van der Waals surface area contributed by atoms with Crippen molar-refractivity contribution in [3.8, 4) is 11.5 Å². The zero-order valence-electron chi connectivity index (χ0n) is 21.1. The van der Waals surface area contributed by atoms with Crippen molar-refractivity contribution in [1.29, 1.82) is 0 Å². The molecule has 2 N–H and O–H groups in total. The summed E-state index contributed by atoms with van der Waals surface area (Å²) < 4.78 is 29.7. The number of aromatic nitrogens is 1. The molecule has 38 heavy (non-hydrogen) atoms. The standard InChI is InChI=1S/C29H28FN3O5/c1-19-26(20(2)38-33-19)16-28(34)32-27(18-36-17-21-6-4-3-5-7-21)29(35)31-23-10-14-25(15-11-23)37-24-12-8-22(30)9-13-24/h3-15,27H,16-18H2,1-2H3,(H,31,35)(H,32,34)/t27-/m0/s1. The van der Waals surface area contributed by atoms with Crippen LogP contribution in [-0.4, -0.2) is 29.6 Å². The Morgan fingerprint density at radius 1 is 0.947 bits per heavy atom.